The zero-order valence-corrected chi connectivity index (χ0v) is 9.94. The summed E-state index contributed by atoms with van der Waals surface area (Å²) in [5, 5.41) is 12.8. The van der Waals surface area contributed by atoms with Crippen molar-refractivity contribution in [1.29, 1.82) is 0 Å². The minimum Gasteiger partial charge on any atom is -0.325 e. The van der Waals surface area contributed by atoms with E-state index in [0.717, 1.165) is 17.1 Å². The molecule has 2 rings (SSSR count). The Morgan fingerprint density at radius 2 is 2.25 bits per heavy atom. The normalized spacial score (nSPS) is 11.0. The predicted molar refractivity (Wildman–Crippen MR) is 60.0 cm³/mol. The van der Waals surface area contributed by atoms with E-state index in [1.165, 1.54) is 0 Å². The van der Waals surface area contributed by atoms with Gasteiger partial charge in [-0.15, -0.1) is 5.10 Å². The Labute approximate surface area is 98.0 Å². The quantitative estimate of drug-likeness (QED) is 0.847. The summed E-state index contributed by atoms with van der Waals surface area (Å²) in [7, 11) is 1.86. The molecule has 2 aromatic heterocycles. The fraction of sp³-hybridized carbons (Fsp3) is 0.444. The van der Waals surface area contributed by atoms with E-state index in [0.29, 0.717) is 18.1 Å². The molecule has 0 radical (unpaired) electrons. The number of rotatable bonds is 3. The van der Waals surface area contributed by atoms with E-state index >= 15 is 0 Å². The molecule has 0 fully saturated rings. The molecular formula is C9H13ClN6. The van der Waals surface area contributed by atoms with E-state index in [1.54, 1.807) is 15.6 Å². The lowest BCUT2D eigenvalue weighted by molar-refractivity contribution is 0.599. The predicted octanol–water partition coefficient (Wildman–Crippen LogP) is 0.480. The lowest BCUT2D eigenvalue weighted by atomic mass is 10.3. The maximum Gasteiger partial charge on any atom is 0.0962 e. The number of nitrogens with zero attached hydrogens (tertiary/aromatic N) is 5. The van der Waals surface area contributed by atoms with Crippen molar-refractivity contribution >= 4 is 11.6 Å². The van der Waals surface area contributed by atoms with Crippen LogP contribution in [-0.2, 0) is 20.1 Å². The van der Waals surface area contributed by atoms with Crippen LogP contribution in [0.3, 0.4) is 0 Å². The summed E-state index contributed by atoms with van der Waals surface area (Å²) in [5.41, 5.74) is 7.95. The van der Waals surface area contributed by atoms with Gasteiger partial charge < -0.3 is 5.73 Å². The average Bonchev–Trinajstić information content (AvgIpc) is 2.80. The van der Waals surface area contributed by atoms with E-state index in [2.05, 4.69) is 15.4 Å². The minimum absolute atomic E-state index is 0.387. The molecule has 0 bridgehead atoms. The van der Waals surface area contributed by atoms with Crippen LogP contribution in [0.15, 0.2) is 6.20 Å². The molecule has 0 aliphatic heterocycles. The van der Waals surface area contributed by atoms with Gasteiger partial charge >= 0.3 is 0 Å². The standard InChI is InChI=1S/C9H13ClN6/c1-6-9(10)8(15(2)13-6)5-16-4-7(3-11)12-14-16/h4H,3,5,11H2,1-2H3. The molecule has 2 N–H and O–H groups in total. The third-order valence-corrected chi connectivity index (χ3v) is 2.86. The number of hydrogen-bond donors (Lipinski definition) is 1. The molecule has 0 saturated carbocycles. The SMILES string of the molecule is Cc1nn(C)c(Cn2cc(CN)nn2)c1Cl. The van der Waals surface area contributed by atoms with Crippen LogP contribution in [0.1, 0.15) is 17.1 Å². The number of halogens is 1. The lowest BCUT2D eigenvalue weighted by Gasteiger charge is -2.01. The van der Waals surface area contributed by atoms with E-state index in [-0.39, 0.29) is 0 Å². The molecule has 0 aliphatic carbocycles. The van der Waals surface area contributed by atoms with Gasteiger partial charge in [-0.3, -0.25) is 4.68 Å². The van der Waals surface area contributed by atoms with Crippen LogP contribution in [-0.4, -0.2) is 24.8 Å². The van der Waals surface area contributed by atoms with Gasteiger partial charge in [-0.2, -0.15) is 5.10 Å². The molecule has 2 heterocycles. The molecule has 0 aliphatic rings. The first-order valence-corrected chi connectivity index (χ1v) is 5.26. The van der Waals surface area contributed by atoms with Crippen LogP contribution in [0.4, 0.5) is 0 Å². The Hall–Kier alpha value is -1.40. The summed E-state index contributed by atoms with van der Waals surface area (Å²) in [6, 6.07) is 0. The molecule has 0 spiro atoms. The van der Waals surface area contributed by atoms with Crippen LogP contribution < -0.4 is 5.73 Å². The van der Waals surface area contributed by atoms with Crippen molar-refractivity contribution in [2.45, 2.75) is 20.0 Å². The summed E-state index contributed by atoms with van der Waals surface area (Å²) in [6.45, 7) is 2.81. The molecule has 2 aromatic rings. The van der Waals surface area contributed by atoms with Crippen molar-refractivity contribution in [1.82, 2.24) is 24.8 Å². The third-order valence-electron chi connectivity index (χ3n) is 2.37. The molecule has 86 valence electrons. The van der Waals surface area contributed by atoms with Gasteiger partial charge in [0.05, 0.1) is 34.8 Å². The summed E-state index contributed by atoms with van der Waals surface area (Å²) >= 11 is 6.14. The van der Waals surface area contributed by atoms with Crippen LogP contribution in [0.25, 0.3) is 0 Å². The summed E-state index contributed by atoms with van der Waals surface area (Å²) < 4.78 is 3.45. The number of aromatic nitrogens is 5. The van der Waals surface area contributed by atoms with Gasteiger partial charge in [-0.05, 0) is 6.92 Å². The molecule has 0 saturated heterocycles. The second-order valence-electron chi connectivity index (χ2n) is 3.58. The van der Waals surface area contributed by atoms with Gasteiger partial charge in [0, 0.05) is 13.6 Å². The second kappa shape index (κ2) is 4.23. The van der Waals surface area contributed by atoms with Crippen molar-refractivity contribution < 1.29 is 0 Å². The zero-order chi connectivity index (χ0) is 11.7. The molecule has 0 aromatic carbocycles. The van der Waals surface area contributed by atoms with E-state index in [1.807, 2.05) is 14.0 Å². The number of hydrogen-bond acceptors (Lipinski definition) is 4. The summed E-state index contributed by atoms with van der Waals surface area (Å²) in [6.07, 6.45) is 1.80. The topological polar surface area (TPSA) is 74.5 Å². The Morgan fingerprint density at radius 1 is 1.50 bits per heavy atom. The summed E-state index contributed by atoms with van der Waals surface area (Å²) in [4.78, 5) is 0. The van der Waals surface area contributed by atoms with Gasteiger partial charge in [0.15, 0.2) is 0 Å². The van der Waals surface area contributed by atoms with E-state index < -0.39 is 0 Å². The van der Waals surface area contributed by atoms with Gasteiger partial charge in [-0.25, -0.2) is 4.68 Å². The lowest BCUT2D eigenvalue weighted by Crippen LogP contribution is -2.06. The summed E-state index contributed by atoms with van der Waals surface area (Å²) in [5.74, 6) is 0. The fourth-order valence-electron chi connectivity index (χ4n) is 1.51. The third kappa shape index (κ3) is 1.94. The highest BCUT2D eigenvalue weighted by Crippen LogP contribution is 2.19. The van der Waals surface area contributed by atoms with Crippen LogP contribution in [0, 0.1) is 6.92 Å². The first-order chi connectivity index (χ1) is 7.61. The monoisotopic (exact) mass is 240 g/mol. The maximum atomic E-state index is 6.14. The van der Waals surface area contributed by atoms with Gasteiger partial charge in [0.2, 0.25) is 0 Å². The molecule has 0 atom stereocenters. The first-order valence-electron chi connectivity index (χ1n) is 4.89. The number of nitrogens with two attached hydrogens (primary N) is 1. The zero-order valence-electron chi connectivity index (χ0n) is 9.18. The van der Waals surface area contributed by atoms with Gasteiger partial charge in [-0.1, -0.05) is 16.8 Å². The van der Waals surface area contributed by atoms with E-state index in [9.17, 15) is 0 Å². The largest absolute Gasteiger partial charge is 0.325 e. The second-order valence-corrected chi connectivity index (χ2v) is 3.96. The first kappa shape index (κ1) is 11.1. The fourth-order valence-corrected chi connectivity index (χ4v) is 1.73. The molecule has 16 heavy (non-hydrogen) atoms. The van der Waals surface area contributed by atoms with Gasteiger partial charge in [0.25, 0.3) is 0 Å². The van der Waals surface area contributed by atoms with Crippen LogP contribution in [0.2, 0.25) is 5.02 Å². The van der Waals surface area contributed by atoms with E-state index in [4.69, 9.17) is 17.3 Å². The van der Waals surface area contributed by atoms with Crippen LogP contribution >= 0.6 is 11.6 Å². The smallest absolute Gasteiger partial charge is 0.0962 e. The Morgan fingerprint density at radius 3 is 2.75 bits per heavy atom. The molecule has 0 amide bonds. The number of aryl methyl sites for hydroxylation is 2. The minimum atomic E-state index is 0.387. The highest BCUT2D eigenvalue weighted by molar-refractivity contribution is 6.31. The highest BCUT2D eigenvalue weighted by atomic mass is 35.5. The Balaban J connectivity index is 2.26. The maximum absolute atomic E-state index is 6.14. The molecule has 6 nitrogen and oxygen atoms in total. The Kier molecular flexibility index (Phi) is 2.93. The van der Waals surface area contributed by atoms with Crippen molar-refractivity contribution in [2.75, 3.05) is 0 Å². The molecule has 0 unspecified atom stereocenters. The average molecular weight is 241 g/mol. The van der Waals surface area contributed by atoms with Crippen molar-refractivity contribution in [2.24, 2.45) is 12.8 Å². The van der Waals surface area contributed by atoms with Crippen molar-refractivity contribution in [3.05, 3.63) is 28.3 Å². The van der Waals surface area contributed by atoms with Crippen LogP contribution in [0.5, 0.6) is 0 Å². The van der Waals surface area contributed by atoms with Crippen molar-refractivity contribution in [3.8, 4) is 0 Å². The van der Waals surface area contributed by atoms with Crippen molar-refractivity contribution in [3.63, 3.8) is 0 Å². The Bertz CT molecular complexity index is 500. The molecular weight excluding hydrogens is 228 g/mol. The molecule has 7 heteroatoms. The van der Waals surface area contributed by atoms with Gasteiger partial charge in [0.1, 0.15) is 0 Å². The highest BCUT2D eigenvalue weighted by Gasteiger charge is 2.12.